The molecule has 2 aromatic rings. The predicted molar refractivity (Wildman–Crippen MR) is 110 cm³/mol. The molecule has 0 bridgehead atoms. The summed E-state index contributed by atoms with van der Waals surface area (Å²) in [6, 6.07) is 8.20. The van der Waals surface area contributed by atoms with Gasteiger partial charge in [-0.05, 0) is 26.0 Å². The van der Waals surface area contributed by atoms with Gasteiger partial charge in [0.15, 0.2) is 0 Å². The molecule has 1 aromatic heterocycles. The number of carbonyl (C=O) groups is 3. The van der Waals surface area contributed by atoms with Crippen molar-refractivity contribution in [2.45, 2.75) is 19.9 Å². The van der Waals surface area contributed by atoms with Crippen LogP contribution in [0.5, 0.6) is 5.75 Å². The molecule has 1 atom stereocenters. The number of benzene rings is 1. The maximum atomic E-state index is 12.7. The number of hydrogen-bond acceptors (Lipinski definition) is 6. The molecule has 9 heteroatoms. The van der Waals surface area contributed by atoms with Crippen molar-refractivity contribution in [3.05, 3.63) is 36.0 Å². The summed E-state index contributed by atoms with van der Waals surface area (Å²) in [4.78, 5) is 44.8. The van der Waals surface area contributed by atoms with Crippen molar-refractivity contribution >= 4 is 28.8 Å². The summed E-state index contributed by atoms with van der Waals surface area (Å²) in [5, 5.41) is 3.52. The lowest BCUT2D eigenvalue weighted by Gasteiger charge is -2.35. The number of fused-ring (bicyclic) bond motifs is 1. The summed E-state index contributed by atoms with van der Waals surface area (Å²) in [6.07, 6.45) is -0.373. The maximum Gasteiger partial charge on any atom is 0.409 e. The lowest BCUT2D eigenvalue weighted by atomic mass is 10.1. The Morgan fingerprint density at radius 2 is 1.80 bits per heavy atom. The minimum Gasteiger partial charge on any atom is -0.496 e. The van der Waals surface area contributed by atoms with Crippen LogP contribution in [-0.4, -0.2) is 78.6 Å². The highest BCUT2D eigenvalue weighted by Gasteiger charge is 2.28. The smallest absolute Gasteiger partial charge is 0.409 e. The molecule has 1 aliphatic heterocycles. The first-order valence-electron chi connectivity index (χ1n) is 9.89. The molecule has 0 spiro atoms. The predicted octanol–water partition coefficient (Wildman–Crippen LogP) is 1.66. The lowest BCUT2D eigenvalue weighted by molar-refractivity contribution is -0.134. The number of carbonyl (C=O) groups excluding carboxylic acids is 3. The normalized spacial score (nSPS) is 14.9. The summed E-state index contributed by atoms with van der Waals surface area (Å²) in [6.45, 7) is 5.27. The van der Waals surface area contributed by atoms with Crippen LogP contribution in [0.4, 0.5) is 4.79 Å². The summed E-state index contributed by atoms with van der Waals surface area (Å²) in [5.41, 5.74) is 0.813. The number of nitrogens with zero attached hydrogens (tertiary/aromatic N) is 3. The van der Waals surface area contributed by atoms with Crippen LogP contribution in [0, 0.1) is 0 Å². The van der Waals surface area contributed by atoms with Crippen molar-refractivity contribution in [3.63, 3.8) is 0 Å². The van der Waals surface area contributed by atoms with Crippen LogP contribution in [0.2, 0.25) is 0 Å². The van der Waals surface area contributed by atoms with Crippen LogP contribution >= 0.6 is 0 Å². The van der Waals surface area contributed by atoms with E-state index in [2.05, 4.69) is 10.3 Å². The standard InChI is InChI=1S/C21H26N4O5/c1-4-30-21(28)25-11-9-24(10-12-25)20(27)14(2)22-19(26)17-13-18(29-3)15-7-5-6-8-16(15)23-17/h5-8,13-14H,4,9-12H2,1-3H3,(H,22,26). The minimum atomic E-state index is -0.731. The first kappa shape index (κ1) is 21.4. The second-order valence-corrected chi connectivity index (χ2v) is 6.93. The van der Waals surface area contributed by atoms with E-state index in [0.717, 1.165) is 5.39 Å². The van der Waals surface area contributed by atoms with E-state index in [0.29, 0.717) is 44.1 Å². The fraction of sp³-hybridized carbons (Fsp3) is 0.429. The zero-order chi connectivity index (χ0) is 21.7. The van der Waals surface area contributed by atoms with Gasteiger partial charge in [-0.1, -0.05) is 12.1 Å². The molecule has 1 unspecified atom stereocenters. The summed E-state index contributed by atoms with van der Waals surface area (Å²) in [7, 11) is 1.53. The highest BCUT2D eigenvalue weighted by Crippen LogP contribution is 2.25. The third-order valence-corrected chi connectivity index (χ3v) is 4.97. The Bertz CT molecular complexity index is 940. The molecule has 1 fully saturated rings. The van der Waals surface area contributed by atoms with E-state index in [1.807, 2.05) is 18.2 Å². The summed E-state index contributed by atoms with van der Waals surface area (Å²) in [5.74, 6) is -0.121. The second kappa shape index (κ2) is 9.43. The van der Waals surface area contributed by atoms with Gasteiger partial charge >= 0.3 is 6.09 Å². The van der Waals surface area contributed by atoms with Crippen LogP contribution in [0.15, 0.2) is 30.3 Å². The van der Waals surface area contributed by atoms with E-state index in [9.17, 15) is 14.4 Å². The van der Waals surface area contributed by atoms with Gasteiger partial charge in [0.1, 0.15) is 17.5 Å². The topological polar surface area (TPSA) is 101 Å². The SMILES string of the molecule is CCOC(=O)N1CCN(C(=O)C(C)NC(=O)c2cc(OC)c3ccccc3n2)CC1. The van der Waals surface area contributed by atoms with Crippen molar-refractivity contribution in [2.24, 2.45) is 0 Å². The molecular formula is C21H26N4O5. The monoisotopic (exact) mass is 414 g/mol. The highest BCUT2D eigenvalue weighted by molar-refractivity contribution is 5.99. The van der Waals surface area contributed by atoms with Crippen LogP contribution in [0.25, 0.3) is 10.9 Å². The molecule has 160 valence electrons. The molecule has 30 heavy (non-hydrogen) atoms. The van der Waals surface area contributed by atoms with Gasteiger partial charge < -0.3 is 24.6 Å². The molecule has 1 N–H and O–H groups in total. The Labute approximate surface area is 174 Å². The molecule has 3 amide bonds. The lowest BCUT2D eigenvalue weighted by Crippen LogP contribution is -2.55. The number of pyridine rings is 1. The number of piperazine rings is 1. The third-order valence-electron chi connectivity index (χ3n) is 4.97. The number of hydrogen-bond donors (Lipinski definition) is 1. The van der Waals surface area contributed by atoms with E-state index in [1.54, 1.807) is 35.8 Å². The van der Waals surface area contributed by atoms with Crippen molar-refractivity contribution in [1.82, 2.24) is 20.1 Å². The van der Waals surface area contributed by atoms with Gasteiger partial charge in [-0.2, -0.15) is 0 Å². The van der Waals surface area contributed by atoms with Gasteiger partial charge in [-0.25, -0.2) is 9.78 Å². The Hall–Kier alpha value is -3.36. The fourth-order valence-corrected chi connectivity index (χ4v) is 3.36. The Balaban J connectivity index is 1.62. The molecule has 0 saturated carbocycles. The molecule has 1 saturated heterocycles. The number of methoxy groups -OCH3 is 1. The van der Waals surface area contributed by atoms with E-state index in [1.165, 1.54) is 7.11 Å². The van der Waals surface area contributed by atoms with Gasteiger partial charge in [-0.15, -0.1) is 0 Å². The van der Waals surface area contributed by atoms with E-state index < -0.39 is 11.9 Å². The minimum absolute atomic E-state index is 0.178. The number of para-hydroxylation sites is 1. The van der Waals surface area contributed by atoms with Gasteiger partial charge in [0.25, 0.3) is 5.91 Å². The van der Waals surface area contributed by atoms with Crippen molar-refractivity contribution < 1.29 is 23.9 Å². The molecule has 0 radical (unpaired) electrons. The molecule has 0 aliphatic carbocycles. The number of ether oxygens (including phenoxy) is 2. The highest BCUT2D eigenvalue weighted by atomic mass is 16.6. The number of aromatic nitrogens is 1. The number of rotatable bonds is 5. The Morgan fingerprint density at radius 3 is 2.47 bits per heavy atom. The Morgan fingerprint density at radius 1 is 1.13 bits per heavy atom. The van der Waals surface area contributed by atoms with Crippen LogP contribution < -0.4 is 10.1 Å². The number of nitrogens with one attached hydrogen (secondary N) is 1. The zero-order valence-electron chi connectivity index (χ0n) is 17.4. The number of amides is 3. The van der Waals surface area contributed by atoms with Crippen LogP contribution in [0.1, 0.15) is 24.3 Å². The fourth-order valence-electron chi connectivity index (χ4n) is 3.36. The average molecular weight is 414 g/mol. The molecule has 2 heterocycles. The largest absolute Gasteiger partial charge is 0.496 e. The van der Waals surface area contributed by atoms with Gasteiger partial charge in [0.05, 0.1) is 19.2 Å². The van der Waals surface area contributed by atoms with Gasteiger partial charge in [-0.3, -0.25) is 9.59 Å². The molecule has 1 aliphatic rings. The summed E-state index contributed by atoms with van der Waals surface area (Å²) >= 11 is 0. The molecule has 9 nitrogen and oxygen atoms in total. The van der Waals surface area contributed by atoms with Crippen LogP contribution in [-0.2, 0) is 9.53 Å². The second-order valence-electron chi connectivity index (χ2n) is 6.93. The molecular weight excluding hydrogens is 388 g/mol. The zero-order valence-corrected chi connectivity index (χ0v) is 17.4. The van der Waals surface area contributed by atoms with E-state index >= 15 is 0 Å². The summed E-state index contributed by atoms with van der Waals surface area (Å²) < 4.78 is 10.4. The van der Waals surface area contributed by atoms with E-state index in [4.69, 9.17) is 9.47 Å². The Kier molecular flexibility index (Phi) is 6.71. The quantitative estimate of drug-likeness (QED) is 0.799. The van der Waals surface area contributed by atoms with Crippen LogP contribution in [0.3, 0.4) is 0 Å². The third kappa shape index (κ3) is 4.61. The maximum absolute atomic E-state index is 12.7. The van der Waals surface area contributed by atoms with Crippen molar-refractivity contribution in [2.75, 3.05) is 39.9 Å². The van der Waals surface area contributed by atoms with Crippen molar-refractivity contribution in [1.29, 1.82) is 0 Å². The molecule has 3 rings (SSSR count). The van der Waals surface area contributed by atoms with E-state index in [-0.39, 0.29) is 17.7 Å². The van der Waals surface area contributed by atoms with Crippen molar-refractivity contribution in [3.8, 4) is 5.75 Å². The molecule has 1 aromatic carbocycles. The first-order valence-corrected chi connectivity index (χ1v) is 9.89. The van der Waals surface area contributed by atoms with Gasteiger partial charge in [0, 0.05) is 37.6 Å². The first-order chi connectivity index (χ1) is 14.4. The van der Waals surface area contributed by atoms with Gasteiger partial charge in [0.2, 0.25) is 5.91 Å². The average Bonchev–Trinajstić information content (AvgIpc) is 2.77.